The Kier molecular flexibility index (Phi) is 7.00. The molecule has 1 rings (SSSR count). The fourth-order valence-electron chi connectivity index (χ4n) is 1.84. The minimum Gasteiger partial charge on any atom is -0.382 e. The second-order valence-corrected chi connectivity index (χ2v) is 4.81. The van der Waals surface area contributed by atoms with Crippen molar-refractivity contribution in [3.05, 3.63) is 0 Å². The van der Waals surface area contributed by atoms with Crippen LogP contribution in [0.3, 0.4) is 0 Å². The smallest absolute Gasteiger partial charge is 0.248 e. The van der Waals surface area contributed by atoms with E-state index in [0.29, 0.717) is 19.1 Å². The maximum Gasteiger partial charge on any atom is 0.248 e. The minimum atomic E-state index is 0.105. The number of halogens is 1. The summed E-state index contributed by atoms with van der Waals surface area (Å²) in [6.45, 7) is 2.98. The van der Waals surface area contributed by atoms with E-state index >= 15 is 0 Å². The predicted molar refractivity (Wildman–Crippen MR) is 65.8 cm³/mol. The number of ether oxygens (including phenoxy) is 2. The third kappa shape index (κ3) is 4.80. The van der Waals surface area contributed by atoms with Gasteiger partial charge in [0.25, 0.3) is 0 Å². The van der Waals surface area contributed by atoms with Gasteiger partial charge in [-0.3, -0.25) is 4.79 Å². The van der Waals surface area contributed by atoms with Crippen LogP contribution in [0.25, 0.3) is 0 Å². The van der Waals surface area contributed by atoms with Gasteiger partial charge in [0.15, 0.2) is 0 Å². The van der Waals surface area contributed by atoms with Gasteiger partial charge in [-0.05, 0) is 18.8 Å². The van der Waals surface area contributed by atoms with E-state index in [2.05, 4.69) is 15.9 Å². The molecule has 1 aliphatic heterocycles. The molecule has 1 saturated heterocycles. The predicted octanol–water partition coefficient (Wildman–Crippen LogP) is 1.28. The molecule has 0 aromatic carbocycles. The zero-order valence-electron chi connectivity index (χ0n) is 9.78. The highest BCUT2D eigenvalue weighted by molar-refractivity contribution is 9.09. The molecule has 0 N–H and O–H groups in total. The molecule has 1 atom stereocenters. The number of rotatable bonds is 7. The summed E-state index contributed by atoms with van der Waals surface area (Å²) in [5.74, 6) is 0.760. The summed E-state index contributed by atoms with van der Waals surface area (Å²) in [6, 6.07) is 0. The molecule has 0 radical (unpaired) electrons. The van der Waals surface area contributed by atoms with Crippen LogP contribution in [0.4, 0.5) is 0 Å². The topological polar surface area (TPSA) is 38.8 Å². The molecule has 5 heteroatoms. The molecule has 0 aromatic heterocycles. The normalized spacial score (nSPS) is 20.4. The Labute approximate surface area is 105 Å². The fraction of sp³-hybridized carbons (Fsp3) is 0.909. The number of methoxy groups -OCH3 is 1. The summed E-state index contributed by atoms with van der Waals surface area (Å²) < 4.78 is 10.1. The summed E-state index contributed by atoms with van der Waals surface area (Å²) in [6.07, 6.45) is 2.27. The molecular weight excluding hydrogens is 274 g/mol. The van der Waals surface area contributed by atoms with Gasteiger partial charge < -0.3 is 14.4 Å². The number of hydrogen-bond donors (Lipinski definition) is 0. The summed E-state index contributed by atoms with van der Waals surface area (Å²) >= 11 is 3.43. The Morgan fingerprint density at radius 2 is 2.31 bits per heavy atom. The summed E-state index contributed by atoms with van der Waals surface area (Å²) in [7, 11) is 1.62. The summed E-state index contributed by atoms with van der Waals surface area (Å²) in [5.41, 5.74) is 0. The molecule has 4 nitrogen and oxygen atoms in total. The average molecular weight is 294 g/mol. The van der Waals surface area contributed by atoms with Crippen LogP contribution in [-0.2, 0) is 14.3 Å². The Hall–Kier alpha value is -0.130. The molecule has 0 aromatic rings. The number of hydrogen-bond acceptors (Lipinski definition) is 3. The molecular formula is C11H20BrNO3. The number of nitrogens with zero attached hydrogens (tertiary/aromatic N) is 1. The van der Waals surface area contributed by atoms with E-state index in [-0.39, 0.29) is 12.5 Å². The lowest BCUT2D eigenvalue weighted by molar-refractivity contribution is -0.135. The van der Waals surface area contributed by atoms with Gasteiger partial charge in [-0.1, -0.05) is 15.9 Å². The molecule has 1 fully saturated rings. The maximum atomic E-state index is 11.7. The van der Waals surface area contributed by atoms with Crippen molar-refractivity contribution in [2.45, 2.75) is 12.8 Å². The van der Waals surface area contributed by atoms with Gasteiger partial charge in [0.1, 0.15) is 6.61 Å². The minimum absolute atomic E-state index is 0.105. The molecule has 1 aliphatic rings. The molecule has 0 spiro atoms. The van der Waals surface area contributed by atoms with Crippen molar-refractivity contribution in [1.29, 1.82) is 0 Å². The van der Waals surface area contributed by atoms with E-state index in [4.69, 9.17) is 9.47 Å². The van der Waals surface area contributed by atoms with Crippen LogP contribution in [0.15, 0.2) is 0 Å². The number of alkyl halides is 1. The molecule has 1 heterocycles. The van der Waals surface area contributed by atoms with Crippen LogP contribution < -0.4 is 0 Å². The van der Waals surface area contributed by atoms with Crippen molar-refractivity contribution in [1.82, 2.24) is 4.90 Å². The van der Waals surface area contributed by atoms with Gasteiger partial charge in [-0.25, -0.2) is 0 Å². The molecule has 1 amide bonds. The highest BCUT2D eigenvalue weighted by atomic mass is 79.9. The van der Waals surface area contributed by atoms with Crippen molar-refractivity contribution >= 4 is 21.8 Å². The van der Waals surface area contributed by atoms with E-state index in [1.807, 2.05) is 4.90 Å². The zero-order valence-corrected chi connectivity index (χ0v) is 11.4. The lowest BCUT2D eigenvalue weighted by Gasteiger charge is -2.16. The van der Waals surface area contributed by atoms with Gasteiger partial charge in [0, 0.05) is 25.5 Å². The lowest BCUT2D eigenvalue weighted by atomic mass is 10.1. The monoisotopic (exact) mass is 293 g/mol. The molecule has 0 bridgehead atoms. The van der Waals surface area contributed by atoms with Gasteiger partial charge in [-0.15, -0.1) is 0 Å². The Morgan fingerprint density at radius 3 is 3.00 bits per heavy atom. The standard InChI is InChI=1S/C11H20BrNO3/c1-15-6-7-16-9-11(14)13-5-3-10(8-13)2-4-12/h10H,2-9H2,1H3. The second kappa shape index (κ2) is 8.03. The fourth-order valence-corrected chi connectivity index (χ4v) is 2.49. The molecule has 0 aliphatic carbocycles. The molecule has 94 valence electrons. The van der Waals surface area contributed by atoms with E-state index in [9.17, 15) is 4.79 Å². The van der Waals surface area contributed by atoms with Crippen LogP contribution in [0, 0.1) is 5.92 Å². The largest absolute Gasteiger partial charge is 0.382 e. The van der Waals surface area contributed by atoms with Crippen LogP contribution >= 0.6 is 15.9 Å². The number of amides is 1. The first-order valence-corrected chi connectivity index (χ1v) is 6.80. The maximum absolute atomic E-state index is 11.7. The first-order valence-electron chi connectivity index (χ1n) is 5.68. The third-order valence-corrected chi connectivity index (χ3v) is 3.27. The summed E-state index contributed by atoms with van der Waals surface area (Å²) in [5, 5.41) is 1.02. The lowest BCUT2D eigenvalue weighted by Crippen LogP contribution is -2.32. The molecule has 0 saturated carbocycles. The Bertz CT molecular complexity index is 213. The van der Waals surface area contributed by atoms with Crippen LogP contribution in [-0.4, -0.2) is 56.2 Å². The third-order valence-electron chi connectivity index (χ3n) is 2.81. The quantitative estimate of drug-likeness (QED) is 0.524. The van der Waals surface area contributed by atoms with Crippen molar-refractivity contribution in [3.63, 3.8) is 0 Å². The van der Waals surface area contributed by atoms with E-state index in [1.54, 1.807) is 7.11 Å². The SMILES string of the molecule is COCCOCC(=O)N1CCC(CCBr)C1. The van der Waals surface area contributed by atoms with Crippen molar-refractivity contribution < 1.29 is 14.3 Å². The highest BCUT2D eigenvalue weighted by Gasteiger charge is 2.25. The van der Waals surface area contributed by atoms with Crippen LogP contribution in [0.2, 0.25) is 0 Å². The zero-order chi connectivity index (χ0) is 11.8. The number of carbonyl (C=O) groups excluding carboxylic acids is 1. The van der Waals surface area contributed by atoms with Gasteiger partial charge >= 0.3 is 0 Å². The number of carbonyl (C=O) groups is 1. The Morgan fingerprint density at radius 1 is 1.50 bits per heavy atom. The summed E-state index contributed by atoms with van der Waals surface area (Å²) in [4.78, 5) is 13.6. The molecule has 1 unspecified atom stereocenters. The first kappa shape index (κ1) is 13.9. The highest BCUT2D eigenvalue weighted by Crippen LogP contribution is 2.20. The van der Waals surface area contributed by atoms with Crippen LogP contribution in [0.5, 0.6) is 0 Å². The van der Waals surface area contributed by atoms with Crippen molar-refractivity contribution in [3.8, 4) is 0 Å². The van der Waals surface area contributed by atoms with Crippen LogP contribution in [0.1, 0.15) is 12.8 Å². The van der Waals surface area contributed by atoms with Gasteiger partial charge in [0.2, 0.25) is 5.91 Å². The first-order chi connectivity index (χ1) is 7.77. The van der Waals surface area contributed by atoms with E-state index in [0.717, 1.165) is 31.3 Å². The average Bonchev–Trinajstić information content (AvgIpc) is 2.73. The molecule has 16 heavy (non-hydrogen) atoms. The van der Waals surface area contributed by atoms with Gasteiger partial charge in [0.05, 0.1) is 13.2 Å². The second-order valence-electron chi connectivity index (χ2n) is 4.02. The van der Waals surface area contributed by atoms with E-state index in [1.165, 1.54) is 0 Å². The Balaban J connectivity index is 2.13. The number of likely N-dealkylation sites (tertiary alicyclic amines) is 1. The van der Waals surface area contributed by atoms with Crippen molar-refractivity contribution in [2.24, 2.45) is 5.92 Å². The van der Waals surface area contributed by atoms with Gasteiger partial charge in [-0.2, -0.15) is 0 Å². The van der Waals surface area contributed by atoms with Crippen molar-refractivity contribution in [2.75, 3.05) is 45.4 Å². The van der Waals surface area contributed by atoms with E-state index < -0.39 is 0 Å².